The Bertz CT molecular complexity index is 323. The van der Waals surface area contributed by atoms with Crippen LogP contribution in [0.15, 0.2) is 47.5 Å². The monoisotopic (exact) mass is 173 g/mol. The summed E-state index contributed by atoms with van der Waals surface area (Å²) in [5, 5.41) is 0. The predicted octanol–water partition coefficient (Wildman–Crippen LogP) is 2.12. The highest BCUT2D eigenvalue weighted by molar-refractivity contribution is 5.34. The molecule has 66 valence electrons. The zero-order chi connectivity index (χ0) is 9.52. The topological polar surface area (TPSA) is 29.4 Å². The Kier molecular flexibility index (Phi) is 3.68. The summed E-state index contributed by atoms with van der Waals surface area (Å²) in [4.78, 5) is 13.3. The molecule has 0 N–H and O–H groups in total. The van der Waals surface area contributed by atoms with Crippen LogP contribution in [0, 0.1) is 0 Å². The Labute approximate surface area is 77.6 Å². The van der Waals surface area contributed by atoms with Gasteiger partial charge in [-0.15, -0.1) is 0 Å². The molecule has 0 fully saturated rings. The van der Waals surface area contributed by atoms with Crippen molar-refractivity contribution in [3.8, 4) is 0 Å². The second kappa shape index (κ2) is 5.07. The van der Waals surface area contributed by atoms with E-state index in [-0.39, 0.29) is 0 Å². The van der Waals surface area contributed by atoms with Gasteiger partial charge in [-0.05, 0) is 12.0 Å². The fourth-order valence-electron chi connectivity index (χ4n) is 1.08. The molecule has 0 radical (unpaired) electrons. The number of isocyanates is 1. The summed E-state index contributed by atoms with van der Waals surface area (Å²) in [7, 11) is 0. The highest BCUT2D eigenvalue weighted by atomic mass is 16.1. The second-order valence-electron chi connectivity index (χ2n) is 2.82. The van der Waals surface area contributed by atoms with Crippen molar-refractivity contribution in [1.29, 1.82) is 0 Å². The first kappa shape index (κ1) is 9.43. The minimum Gasteiger partial charge on any atom is -0.211 e. The average Bonchev–Trinajstić information content (AvgIpc) is 2.16. The summed E-state index contributed by atoms with van der Waals surface area (Å²) in [5.41, 5.74) is 2.11. The van der Waals surface area contributed by atoms with E-state index in [1.54, 1.807) is 0 Å². The highest BCUT2D eigenvalue weighted by Crippen LogP contribution is 2.05. The molecule has 0 saturated carbocycles. The molecule has 1 aromatic rings. The lowest BCUT2D eigenvalue weighted by Gasteiger charge is -2.00. The van der Waals surface area contributed by atoms with Crippen molar-refractivity contribution in [3.05, 3.63) is 48.0 Å². The van der Waals surface area contributed by atoms with Crippen LogP contribution in [0.1, 0.15) is 5.56 Å². The molecule has 1 aromatic carbocycles. The van der Waals surface area contributed by atoms with Crippen LogP contribution in [0.4, 0.5) is 0 Å². The lowest BCUT2D eigenvalue weighted by Crippen LogP contribution is -1.92. The van der Waals surface area contributed by atoms with Gasteiger partial charge in [0.05, 0.1) is 6.54 Å². The van der Waals surface area contributed by atoms with E-state index in [1.165, 1.54) is 11.6 Å². The molecule has 0 amide bonds. The molecule has 2 heteroatoms. The molecule has 0 aromatic heterocycles. The molecule has 0 aliphatic heterocycles. The van der Waals surface area contributed by atoms with Gasteiger partial charge in [-0.2, -0.15) is 0 Å². The van der Waals surface area contributed by atoms with Gasteiger partial charge in [0.2, 0.25) is 6.08 Å². The standard InChI is InChI=1S/C11H11NO/c1-10(8-12-9-13)7-11-5-3-2-4-6-11/h2-6H,1,7-8H2. The number of carbonyl (C=O) groups excluding carboxylic acids is 1. The van der Waals surface area contributed by atoms with Crippen LogP contribution in [0.2, 0.25) is 0 Å². The number of nitrogens with zero attached hydrogens (tertiary/aromatic N) is 1. The van der Waals surface area contributed by atoms with Crippen LogP contribution in [0.25, 0.3) is 0 Å². The van der Waals surface area contributed by atoms with Crippen molar-refractivity contribution in [2.75, 3.05) is 6.54 Å². The highest BCUT2D eigenvalue weighted by Gasteiger charge is 1.94. The summed E-state index contributed by atoms with van der Waals surface area (Å²) in [6.07, 6.45) is 2.27. The van der Waals surface area contributed by atoms with Gasteiger partial charge in [-0.1, -0.05) is 42.5 Å². The van der Waals surface area contributed by atoms with Crippen LogP contribution in [0.3, 0.4) is 0 Å². The maximum Gasteiger partial charge on any atom is 0.235 e. The Hall–Kier alpha value is -1.66. The zero-order valence-corrected chi connectivity index (χ0v) is 7.36. The zero-order valence-electron chi connectivity index (χ0n) is 7.36. The van der Waals surface area contributed by atoms with Gasteiger partial charge in [0.15, 0.2) is 0 Å². The smallest absolute Gasteiger partial charge is 0.211 e. The predicted molar refractivity (Wildman–Crippen MR) is 52.3 cm³/mol. The molecule has 0 aliphatic carbocycles. The van der Waals surface area contributed by atoms with Crippen LogP contribution < -0.4 is 0 Å². The average molecular weight is 173 g/mol. The minimum absolute atomic E-state index is 0.373. The largest absolute Gasteiger partial charge is 0.235 e. The maximum absolute atomic E-state index is 9.83. The quantitative estimate of drug-likeness (QED) is 0.389. The molecular weight excluding hydrogens is 162 g/mol. The van der Waals surface area contributed by atoms with E-state index < -0.39 is 0 Å². The molecule has 0 bridgehead atoms. The second-order valence-corrected chi connectivity index (χ2v) is 2.82. The third-order valence-corrected chi connectivity index (χ3v) is 1.66. The van der Waals surface area contributed by atoms with Crippen molar-refractivity contribution in [3.63, 3.8) is 0 Å². The summed E-state index contributed by atoms with van der Waals surface area (Å²) in [5.74, 6) is 0. The van der Waals surface area contributed by atoms with E-state index in [9.17, 15) is 4.79 Å². The van der Waals surface area contributed by atoms with Crippen molar-refractivity contribution in [2.24, 2.45) is 4.99 Å². The van der Waals surface area contributed by atoms with Crippen molar-refractivity contribution < 1.29 is 4.79 Å². The third-order valence-electron chi connectivity index (χ3n) is 1.66. The molecule has 0 unspecified atom stereocenters. The molecule has 2 nitrogen and oxygen atoms in total. The molecule has 0 heterocycles. The molecule has 0 saturated heterocycles. The Balaban J connectivity index is 2.50. The lowest BCUT2D eigenvalue weighted by atomic mass is 10.1. The summed E-state index contributed by atoms with van der Waals surface area (Å²) in [6, 6.07) is 9.97. The first-order valence-electron chi connectivity index (χ1n) is 4.07. The molecular formula is C11H11NO. The first-order chi connectivity index (χ1) is 6.33. The van der Waals surface area contributed by atoms with Crippen LogP contribution in [-0.4, -0.2) is 12.6 Å². The number of benzene rings is 1. The van der Waals surface area contributed by atoms with Gasteiger partial charge < -0.3 is 0 Å². The van der Waals surface area contributed by atoms with Gasteiger partial charge in [0, 0.05) is 0 Å². The fourth-order valence-corrected chi connectivity index (χ4v) is 1.08. The normalized spacial score (nSPS) is 8.92. The van der Waals surface area contributed by atoms with Crippen LogP contribution in [0.5, 0.6) is 0 Å². The van der Waals surface area contributed by atoms with E-state index in [1.807, 2.05) is 30.3 Å². The number of hydrogen-bond acceptors (Lipinski definition) is 2. The Morgan fingerprint density at radius 3 is 2.69 bits per heavy atom. The van der Waals surface area contributed by atoms with E-state index in [2.05, 4.69) is 11.6 Å². The van der Waals surface area contributed by atoms with Gasteiger partial charge in [0.25, 0.3) is 0 Å². The van der Waals surface area contributed by atoms with Gasteiger partial charge in [-0.3, -0.25) is 0 Å². The van der Waals surface area contributed by atoms with Gasteiger partial charge >= 0.3 is 0 Å². The fraction of sp³-hybridized carbons (Fsp3) is 0.182. The van der Waals surface area contributed by atoms with Gasteiger partial charge in [0.1, 0.15) is 0 Å². The Morgan fingerprint density at radius 1 is 1.38 bits per heavy atom. The minimum atomic E-state index is 0.373. The molecule has 13 heavy (non-hydrogen) atoms. The van der Waals surface area contributed by atoms with Gasteiger partial charge in [-0.25, -0.2) is 9.79 Å². The van der Waals surface area contributed by atoms with Crippen molar-refractivity contribution in [1.82, 2.24) is 0 Å². The van der Waals surface area contributed by atoms with Crippen LogP contribution >= 0.6 is 0 Å². The Morgan fingerprint density at radius 2 is 2.08 bits per heavy atom. The SMILES string of the molecule is C=C(CN=C=O)Cc1ccccc1. The van der Waals surface area contributed by atoms with E-state index in [4.69, 9.17) is 0 Å². The van der Waals surface area contributed by atoms with Crippen molar-refractivity contribution >= 4 is 6.08 Å². The van der Waals surface area contributed by atoms with Crippen molar-refractivity contribution in [2.45, 2.75) is 6.42 Å². The number of hydrogen-bond donors (Lipinski definition) is 0. The number of aliphatic imine (C=N–C) groups is 1. The van der Waals surface area contributed by atoms with E-state index in [0.29, 0.717) is 6.54 Å². The first-order valence-corrected chi connectivity index (χ1v) is 4.07. The van der Waals surface area contributed by atoms with E-state index in [0.717, 1.165) is 12.0 Å². The maximum atomic E-state index is 9.83. The van der Waals surface area contributed by atoms with E-state index >= 15 is 0 Å². The van der Waals surface area contributed by atoms with Crippen LogP contribution in [-0.2, 0) is 11.2 Å². The lowest BCUT2D eigenvalue weighted by molar-refractivity contribution is 0.563. The molecule has 0 aliphatic rings. The number of rotatable bonds is 4. The molecule has 0 atom stereocenters. The summed E-state index contributed by atoms with van der Waals surface area (Å²) >= 11 is 0. The third kappa shape index (κ3) is 3.50. The summed E-state index contributed by atoms with van der Waals surface area (Å²) in [6.45, 7) is 4.19. The molecule has 0 spiro atoms. The molecule has 1 rings (SSSR count). The summed E-state index contributed by atoms with van der Waals surface area (Å²) < 4.78 is 0.